The van der Waals surface area contributed by atoms with E-state index in [1.165, 1.54) is 0 Å². The first-order chi connectivity index (χ1) is 14.0. The number of fused-ring (bicyclic) bond motifs is 1. The number of amides is 1. The molecule has 0 spiro atoms. The van der Waals surface area contributed by atoms with Gasteiger partial charge in [-0.15, -0.1) is 0 Å². The average molecular weight is 396 g/mol. The second-order valence-corrected chi connectivity index (χ2v) is 6.44. The van der Waals surface area contributed by atoms with Gasteiger partial charge in [0.25, 0.3) is 0 Å². The van der Waals surface area contributed by atoms with E-state index in [0.29, 0.717) is 41.5 Å². The van der Waals surface area contributed by atoms with Gasteiger partial charge in [-0.1, -0.05) is 6.92 Å². The van der Waals surface area contributed by atoms with Crippen LogP contribution in [0, 0.1) is 0 Å². The maximum absolute atomic E-state index is 12.7. The number of ether oxygens (including phenoxy) is 3. The molecule has 0 fully saturated rings. The van der Waals surface area contributed by atoms with Crippen molar-refractivity contribution in [2.24, 2.45) is 4.99 Å². The lowest BCUT2D eigenvalue weighted by atomic mass is 9.93. The van der Waals surface area contributed by atoms with Crippen LogP contribution in [-0.2, 0) is 9.53 Å². The highest BCUT2D eigenvalue weighted by atomic mass is 16.5. The molecule has 0 radical (unpaired) electrons. The maximum Gasteiger partial charge on any atom is 0.338 e. The summed E-state index contributed by atoms with van der Waals surface area (Å²) >= 11 is 0. The molecule has 1 atom stereocenters. The van der Waals surface area contributed by atoms with Gasteiger partial charge in [0.1, 0.15) is 5.92 Å². The number of rotatable bonds is 7. The van der Waals surface area contributed by atoms with Crippen molar-refractivity contribution in [1.82, 2.24) is 0 Å². The normalized spacial score (nSPS) is 15.5. The fourth-order valence-corrected chi connectivity index (χ4v) is 3.32. The Bertz CT molecular complexity index is 950. The minimum absolute atomic E-state index is 0.140. The van der Waals surface area contributed by atoms with Crippen LogP contribution in [0.5, 0.6) is 11.5 Å². The van der Waals surface area contributed by atoms with Gasteiger partial charge >= 0.3 is 5.97 Å². The summed E-state index contributed by atoms with van der Waals surface area (Å²) in [4.78, 5) is 29.2. The third-order valence-electron chi connectivity index (χ3n) is 4.73. The summed E-state index contributed by atoms with van der Waals surface area (Å²) in [7, 11) is 3.11. The van der Waals surface area contributed by atoms with Crippen LogP contribution in [0.3, 0.4) is 0 Å². The van der Waals surface area contributed by atoms with Crippen molar-refractivity contribution in [1.29, 1.82) is 0 Å². The molecule has 152 valence electrons. The van der Waals surface area contributed by atoms with Crippen LogP contribution in [0.1, 0.15) is 42.1 Å². The summed E-state index contributed by atoms with van der Waals surface area (Å²) in [6.07, 6.45) is 0.589. The molecule has 2 aromatic rings. The molecule has 1 amide bonds. The third-order valence-corrected chi connectivity index (χ3v) is 4.73. The Morgan fingerprint density at radius 1 is 1.07 bits per heavy atom. The summed E-state index contributed by atoms with van der Waals surface area (Å²) in [5.41, 5.74) is 3.34. The van der Waals surface area contributed by atoms with Crippen molar-refractivity contribution in [2.75, 3.05) is 26.1 Å². The van der Waals surface area contributed by atoms with Crippen LogP contribution < -0.4 is 14.8 Å². The minimum Gasteiger partial charge on any atom is -0.493 e. The predicted octanol–water partition coefficient (Wildman–Crippen LogP) is 4.10. The Labute approximate surface area is 169 Å². The second kappa shape index (κ2) is 8.77. The number of nitrogens with one attached hydrogen (secondary N) is 1. The van der Waals surface area contributed by atoms with Gasteiger partial charge in [-0.2, -0.15) is 0 Å². The van der Waals surface area contributed by atoms with E-state index in [0.717, 1.165) is 11.3 Å². The van der Waals surface area contributed by atoms with Gasteiger partial charge < -0.3 is 19.5 Å². The highest BCUT2D eigenvalue weighted by molar-refractivity contribution is 6.19. The first kappa shape index (κ1) is 20.4. The van der Waals surface area contributed by atoms with E-state index in [9.17, 15) is 9.59 Å². The zero-order chi connectivity index (χ0) is 21.0. The monoisotopic (exact) mass is 396 g/mol. The molecule has 1 unspecified atom stereocenters. The van der Waals surface area contributed by atoms with E-state index in [4.69, 9.17) is 14.2 Å². The molecule has 7 heteroatoms. The summed E-state index contributed by atoms with van der Waals surface area (Å²) in [5, 5.41) is 2.90. The second-order valence-electron chi connectivity index (χ2n) is 6.44. The number of methoxy groups -OCH3 is 2. The summed E-state index contributed by atoms with van der Waals surface area (Å²) in [6.45, 7) is 4.04. The number of anilines is 1. The lowest BCUT2D eigenvalue weighted by Gasteiger charge is -2.14. The summed E-state index contributed by atoms with van der Waals surface area (Å²) < 4.78 is 15.7. The molecular weight excluding hydrogens is 372 g/mol. The highest BCUT2D eigenvalue weighted by Gasteiger charge is 2.35. The number of benzene rings is 2. The smallest absolute Gasteiger partial charge is 0.338 e. The van der Waals surface area contributed by atoms with Crippen LogP contribution >= 0.6 is 0 Å². The van der Waals surface area contributed by atoms with Crippen molar-refractivity contribution in [3.63, 3.8) is 0 Å². The fraction of sp³-hybridized carbons (Fsp3) is 0.318. The highest BCUT2D eigenvalue weighted by Crippen LogP contribution is 2.42. The first-order valence-electron chi connectivity index (χ1n) is 9.43. The predicted molar refractivity (Wildman–Crippen MR) is 111 cm³/mol. The quantitative estimate of drug-likeness (QED) is 0.562. The lowest BCUT2D eigenvalue weighted by Crippen LogP contribution is -2.20. The number of carbonyl (C=O) groups excluding carboxylic acids is 2. The van der Waals surface area contributed by atoms with Gasteiger partial charge in [-0.3, -0.25) is 9.79 Å². The van der Waals surface area contributed by atoms with Crippen LogP contribution in [-0.4, -0.2) is 38.4 Å². The number of carbonyl (C=O) groups is 2. The van der Waals surface area contributed by atoms with E-state index in [-0.39, 0.29) is 11.9 Å². The number of aliphatic imine (C=N–C) groups is 1. The van der Waals surface area contributed by atoms with Gasteiger partial charge in [0.05, 0.1) is 32.1 Å². The molecule has 2 aromatic carbocycles. The Morgan fingerprint density at radius 2 is 1.72 bits per heavy atom. The fourth-order valence-electron chi connectivity index (χ4n) is 3.32. The molecule has 0 saturated carbocycles. The molecule has 3 rings (SSSR count). The van der Waals surface area contributed by atoms with Crippen molar-refractivity contribution < 1.29 is 23.8 Å². The molecule has 29 heavy (non-hydrogen) atoms. The van der Waals surface area contributed by atoms with Gasteiger partial charge in [0.2, 0.25) is 5.91 Å². The van der Waals surface area contributed by atoms with E-state index in [2.05, 4.69) is 10.3 Å². The van der Waals surface area contributed by atoms with Gasteiger partial charge in [-0.05, 0) is 49.2 Å². The van der Waals surface area contributed by atoms with Gasteiger partial charge in [0.15, 0.2) is 11.5 Å². The first-order valence-corrected chi connectivity index (χ1v) is 9.43. The summed E-state index contributed by atoms with van der Waals surface area (Å²) in [6, 6.07) is 10.4. The zero-order valence-electron chi connectivity index (χ0n) is 16.9. The molecule has 0 saturated heterocycles. The molecule has 0 bridgehead atoms. The molecule has 1 heterocycles. The topological polar surface area (TPSA) is 86.2 Å². The lowest BCUT2D eigenvalue weighted by molar-refractivity contribution is -0.115. The summed E-state index contributed by atoms with van der Waals surface area (Å²) in [5.74, 6) is 0.0845. The number of nitrogens with zero attached hydrogens (tertiary/aromatic N) is 1. The zero-order valence-corrected chi connectivity index (χ0v) is 16.9. The number of hydrogen-bond acceptors (Lipinski definition) is 6. The average Bonchev–Trinajstić information content (AvgIpc) is 3.06. The number of hydrogen-bond donors (Lipinski definition) is 1. The van der Waals surface area contributed by atoms with E-state index >= 15 is 0 Å². The Morgan fingerprint density at radius 3 is 2.31 bits per heavy atom. The van der Waals surface area contributed by atoms with Crippen LogP contribution in [0.15, 0.2) is 41.4 Å². The van der Waals surface area contributed by atoms with Crippen LogP contribution in [0.2, 0.25) is 0 Å². The van der Waals surface area contributed by atoms with Gasteiger partial charge in [0, 0.05) is 17.5 Å². The van der Waals surface area contributed by atoms with Crippen molar-refractivity contribution >= 4 is 29.0 Å². The molecule has 1 aliphatic rings. The minimum atomic E-state index is -0.514. The third kappa shape index (κ3) is 4.08. The van der Waals surface area contributed by atoms with E-state index < -0.39 is 5.92 Å². The molecule has 0 aromatic heterocycles. The SMILES string of the molecule is CCOC(=O)c1ccc(N=C(CC)C2C(=O)Nc3cc(OC)c(OC)cc32)cc1. The Hall–Kier alpha value is -3.35. The van der Waals surface area contributed by atoms with Gasteiger partial charge in [-0.25, -0.2) is 4.79 Å². The molecule has 7 nitrogen and oxygen atoms in total. The molecule has 1 N–H and O–H groups in total. The maximum atomic E-state index is 12.7. The van der Waals surface area contributed by atoms with Crippen LogP contribution in [0.25, 0.3) is 0 Å². The molecular formula is C22H24N2O5. The Balaban J connectivity index is 1.95. The molecule has 0 aliphatic carbocycles. The van der Waals surface area contributed by atoms with Crippen molar-refractivity contribution in [3.05, 3.63) is 47.5 Å². The van der Waals surface area contributed by atoms with Crippen molar-refractivity contribution in [2.45, 2.75) is 26.2 Å². The van der Waals surface area contributed by atoms with Crippen LogP contribution in [0.4, 0.5) is 11.4 Å². The van der Waals surface area contributed by atoms with E-state index in [1.807, 2.05) is 13.0 Å². The van der Waals surface area contributed by atoms with Crippen molar-refractivity contribution in [3.8, 4) is 11.5 Å². The molecule has 1 aliphatic heterocycles. The van der Waals surface area contributed by atoms with E-state index in [1.54, 1.807) is 51.5 Å². The Kier molecular flexibility index (Phi) is 6.16. The standard InChI is InChI=1S/C22H24N2O5/c1-5-16(23-14-9-7-13(8-10-14)22(26)29-6-2)20-15-11-18(27-3)19(28-4)12-17(15)24-21(20)25/h7-12,20H,5-6H2,1-4H3,(H,24,25). The largest absolute Gasteiger partial charge is 0.493 e. The number of esters is 1.